The van der Waals surface area contributed by atoms with Crippen molar-refractivity contribution in [2.24, 2.45) is 0 Å². The number of pyridine rings is 3. The molecule has 0 aliphatic rings. The maximum atomic E-state index is 4.95. The Morgan fingerprint density at radius 1 is 0.652 bits per heavy atom. The number of nitrogens with zero attached hydrogens (tertiary/aromatic N) is 3. The standard InChI is InChI=1S/C15H11N3.3ClH.H2O.Ru/c1-3-9-16-13(7-1)12-6-5-11-18-15(12)14-8-2-4-10-17-14;;;;;/h1-11H;3*1H;1H2;/q;;;;;+3/p-3. The van der Waals surface area contributed by atoms with Gasteiger partial charge in [0.15, 0.2) is 0 Å². The monoisotopic (exact) mass is 458 g/mol. The van der Waals surface area contributed by atoms with Gasteiger partial charge in [-0.2, -0.15) is 0 Å². The minimum Gasteiger partial charge on any atom is -0.256 e. The summed E-state index contributed by atoms with van der Waals surface area (Å²) in [5.74, 6) is 0. The van der Waals surface area contributed by atoms with Crippen LogP contribution < -0.4 is 0 Å². The van der Waals surface area contributed by atoms with Crippen molar-refractivity contribution in [2.45, 2.75) is 0 Å². The maximum Gasteiger partial charge on any atom is 0.0980 e. The first-order valence-electron chi connectivity index (χ1n) is 6.13. The van der Waals surface area contributed by atoms with E-state index in [2.05, 4.69) is 15.0 Å². The first kappa shape index (κ1) is 19.9. The van der Waals surface area contributed by atoms with E-state index in [1.807, 2.05) is 48.5 Å². The van der Waals surface area contributed by atoms with Crippen LogP contribution in [0.1, 0.15) is 0 Å². The normalized spacial score (nSPS) is 9.96. The zero-order chi connectivity index (χ0) is 15.8. The molecule has 2 N–H and O–H groups in total. The van der Waals surface area contributed by atoms with Crippen LogP contribution in [-0.4, -0.2) is 20.4 Å². The first-order valence-corrected chi connectivity index (χ1v) is 12.8. The van der Waals surface area contributed by atoms with Crippen LogP contribution in [0.2, 0.25) is 0 Å². The molecule has 0 radical (unpaired) electrons. The summed E-state index contributed by atoms with van der Waals surface area (Å²) in [6.07, 6.45) is 5.33. The molecule has 0 aliphatic heterocycles. The molecule has 3 aromatic rings. The minimum absolute atomic E-state index is 0. The van der Waals surface area contributed by atoms with Crippen molar-refractivity contribution in [3.8, 4) is 22.6 Å². The molecule has 0 aliphatic carbocycles. The number of aromatic nitrogens is 3. The van der Waals surface area contributed by atoms with Gasteiger partial charge in [0.05, 0.1) is 17.1 Å². The van der Waals surface area contributed by atoms with Crippen LogP contribution >= 0.6 is 29.1 Å². The second-order valence-corrected chi connectivity index (χ2v) is 11.9. The zero-order valence-electron chi connectivity index (χ0n) is 11.7. The molecule has 0 atom stereocenters. The van der Waals surface area contributed by atoms with Gasteiger partial charge in [0.2, 0.25) is 0 Å². The van der Waals surface area contributed by atoms with Gasteiger partial charge in [0.1, 0.15) is 0 Å². The van der Waals surface area contributed by atoms with Crippen molar-refractivity contribution < 1.29 is 18.5 Å². The van der Waals surface area contributed by atoms with Crippen LogP contribution in [0.5, 0.6) is 0 Å². The average molecular weight is 459 g/mol. The SMILES string of the molecule is O.[Cl][Ru]([Cl])[Cl].c1ccc(-c2cccnc2-c2ccccn2)nc1. The minimum atomic E-state index is -1.75. The predicted octanol–water partition coefficient (Wildman–Crippen LogP) is 4.45. The second kappa shape index (κ2) is 10.6. The predicted molar refractivity (Wildman–Crippen MR) is 91.9 cm³/mol. The van der Waals surface area contributed by atoms with Gasteiger partial charge < -0.3 is 5.48 Å². The summed E-state index contributed by atoms with van der Waals surface area (Å²) >= 11 is -1.75. The van der Waals surface area contributed by atoms with Gasteiger partial charge >= 0.3 is 42.1 Å². The summed E-state index contributed by atoms with van der Waals surface area (Å²) < 4.78 is 0. The summed E-state index contributed by atoms with van der Waals surface area (Å²) in [6.45, 7) is 0. The summed E-state index contributed by atoms with van der Waals surface area (Å²) in [5, 5.41) is 0. The van der Waals surface area contributed by atoms with Crippen molar-refractivity contribution in [2.75, 3.05) is 0 Å². The smallest absolute Gasteiger partial charge is 0.0980 e. The molecule has 0 amide bonds. The van der Waals surface area contributed by atoms with E-state index < -0.39 is 13.0 Å². The van der Waals surface area contributed by atoms with E-state index in [0.29, 0.717) is 0 Å². The number of rotatable bonds is 2. The molecular weight excluding hydrogens is 446 g/mol. The molecule has 8 heteroatoms. The van der Waals surface area contributed by atoms with Crippen molar-refractivity contribution in [1.29, 1.82) is 0 Å². The van der Waals surface area contributed by atoms with Crippen LogP contribution in [0.3, 0.4) is 0 Å². The molecule has 0 saturated carbocycles. The third-order valence-corrected chi connectivity index (χ3v) is 2.66. The van der Waals surface area contributed by atoms with E-state index in [0.717, 1.165) is 22.6 Å². The Kier molecular flexibility index (Phi) is 9.22. The molecule has 0 aromatic carbocycles. The third-order valence-electron chi connectivity index (χ3n) is 2.66. The summed E-state index contributed by atoms with van der Waals surface area (Å²) in [5.41, 5.74) is 3.62. The molecule has 3 rings (SSSR count). The van der Waals surface area contributed by atoms with Gasteiger partial charge in [0.25, 0.3) is 0 Å². The average Bonchev–Trinajstić information content (AvgIpc) is 2.56. The summed E-state index contributed by atoms with van der Waals surface area (Å²) in [6, 6.07) is 15.6. The van der Waals surface area contributed by atoms with Crippen molar-refractivity contribution >= 4 is 29.1 Å². The van der Waals surface area contributed by atoms with Crippen LogP contribution in [-0.2, 0) is 13.0 Å². The fourth-order valence-corrected chi connectivity index (χ4v) is 1.84. The molecule has 0 bridgehead atoms. The Balaban J connectivity index is 0.000000478. The Hall–Kier alpha value is -1.10. The van der Waals surface area contributed by atoms with E-state index in [9.17, 15) is 0 Å². The van der Waals surface area contributed by atoms with E-state index in [1.54, 1.807) is 18.6 Å². The zero-order valence-corrected chi connectivity index (χ0v) is 15.7. The molecule has 0 spiro atoms. The van der Waals surface area contributed by atoms with Crippen LogP contribution in [0.15, 0.2) is 67.1 Å². The molecule has 123 valence electrons. The van der Waals surface area contributed by atoms with E-state index in [1.165, 1.54) is 0 Å². The third kappa shape index (κ3) is 6.50. The first-order chi connectivity index (χ1) is 10.7. The molecule has 0 saturated heterocycles. The fraction of sp³-hybridized carbons (Fsp3) is 0. The van der Waals surface area contributed by atoms with Crippen LogP contribution in [0.4, 0.5) is 0 Å². The number of hydrogen-bond donors (Lipinski definition) is 0. The van der Waals surface area contributed by atoms with Crippen molar-refractivity contribution in [3.63, 3.8) is 0 Å². The van der Waals surface area contributed by atoms with E-state index in [-0.39, 0.29) is 5.48 Å². The molecular formula is C15H13Cl3N3ORu. The molecule has 3 aromatic heterocycles. The summed E-state index contributed by atoms with van der Waals surface area (Å²) in [7, 11) is 14.8. The Bertz CT molecular complexity index is 641. The molecule has 0 unspecified atom stereocenters. The van der Waals surface area contributed by atoms with Gasteiger partial charge in [0, 0.05) is 24.2 Å². The molecule has 4 nitrogen and oxygen atoms in total. The van der Waals surface area contributed by atoms with Gasteiger partial charge in [-0.3, -0.25) is 15.0 Å². The molecule has 3 heterocycles. The summed E-state index contributed by atoms with van der Waals surface area (Å²) in [4.78, 5) is 13.1. The van der Waals surface area contributed by atoms with Crippen molar-refractivity contribution in [1.82, 2.24) is 15.0 Å². The Morgan fingerprint density at radius 2 is 1.17 bits per heavy atom. The van der Waals surface area contributed by atoms with E-state index in [4.69, 9.17) is 29.1 Å². The maximum absolute atomic E-state index is 4.95. The largest absolute Gasteiger partial charge is 0.256 e. The number of halogens is 3. The van der Waals surface area contributed by atoms with Crippen molar-refractivity contribution in [3.05, 3.63) is 67.1 Å². The van der Waals surface area contributed by atoms with Crippen LogP contribution in [0.25, 0.3) is 22.6 Å². The van der Waals surface area contributed by atoms with Gasteiger partial charge in [-0.25, -0.2) is 0 Å². The van der Waals surface area contributed by atoms with E-state index >= 15 is 0 Å². The van der Waals surface area contributed by atoms with Gasteiger partial charge in [-0.05, 0) is 36.4 Å². The fourth-order valence-electron chi connectivity index (χ4n) is 1.84. The molecule has 23 heavy (non-hydrogen) atoms. The quantitative estimate of drug-likeness (QED) is 0.533. The van der Waals surface area contributed by atoms with Gasteiger partial charge in [-0.1, -0.05) is 12.1 Å². The van der Waals surface area contributed by atoms with Crippen LogP contribution in [0, 0.1) is 0 Å². The number of hydrogen-bond acceptors (Lipinski definition) is 3. The Labute approximate surface area is 151 Å². The van der Waals surface area contributed by atoms with Gasteiger partial charge in [-0.15, -0.1) is 0 Å². The second-order valence-electron chi connectivity index (χ2n) is 3.98. The topological polar surface area (TPSA) is 70.2 Å². The Morgan fingerprint density at radius 3 is 1.70 bits per heavy atom. The molecule has 0 fully saturated rings.